The molecule has 0 saturated heterocycles. The van der Waals surface area contributed by atoms with Gasteiger partial charge in [0.1, 0.15) is 11.4 Å². The molecule has 1 aromatic heterocycles. The Morgan fingerprint density at radius 1 is 1.09 bits per heavy atom. The largest absolute Gasteiger partial charge is 0.492 e. The van der Waals surface area contributed by atoms with Crippen LogP contribution in [0, 0.1) is 12.8 Å². The molecule has 0 saturated carbocycles. The predicted molar refractivity (Wildman–Crippen MR) is 131 cm³/mol. The van der Waals surface area contributed by atoms with Crippen LogP contribution in [0.15, 0.2) is 29.4 Å². The summed E-state index contributed by atoms with van der Waals surface area (Å²) in [4.78, 5) is 31.7. The molecule has 0 aliphatic carbocycles. The van der Waals surface area contributed by atoms with Gasteiger partial charge in [-0.25, -0.2) is 14.8 Å². The molecule has 0 amide bonds. The zero-order valence-corrected chi connectivity index (χ0v) is 25.1. The van der Waals surface area contributed by atoms with Crippen LogP contribution in [-0.4, -0.2) is 39.2 Å². The number of carboxylic acid groups (broad SMARTS) is 1. The second-order valence-electron chi connectivity index (χ2n) is 8.50. The first-order valence-electron chi connectivity index (χ1n) is 9.62. The minimum Gasteiger partial charge on any atom is -0.492 e. The fourth-order valence-corrected chi connectivity index (χ4v) is 3.42. The summed E-state index contributed by atoms with van der Waals surface area (Å²) in [5.41, 5.74) is -1.30. The molecule has 2 aromatic rings. The van der Waals surface area contributed by atoms with E-state index in [0.717, 1.165) is 11.9 Å². The van der Waals surface area contributed by atoms with Crippen LogP contribution in [0.3, 0.4) is 0 Å². The van der Waals surface area contributed by atoms with E-state index in [0.29, 0.717) is 27.1 Å². The summed E-state index contributed by atoms with van der Waals surface area (Å²) in [6, 6.07) is 3.21. The second-order valence-corrected chi connectivity index (χ2v) is 10.2. The number of carbonyl (C=O) groups is 2. The number of ether oxygens (including phenoxy) is 2. The number of rotatable bonds is 9. The summed E-state index contributed by atoms with van der Waals surface area (Å²) < 4.78 is 14.1. The van der Waals surface area contributed by atoms with Gasteiger partial charge in [0.05, 0.1) is 27.6 Å². The number of hydrogen-bond acceptors (Lipinski definition) is 8. The Morgan fingerprint density at radius 3 is 2.21 bits per heavy atom. The topological polar surface area (TPSA) is 111 Å². The van der Waals surface area contributed by atoms with Crippen LogP contribution in [0.2, 0.25) is 10.0 Å². The van der Waals surface area contributed by atoms with Crippen LogP contribution in [0.4, 0.5) is 5.95 Å². The van der Waals surface area contributed by atoms with Crippen molar-refractivity contribution in [2.75, 3.05) is 11.3 Å². The minimum atomic E-state index is -1.11. The first kappa shape index (κ1) is 32.9. The van der Waals surface area contributed by atoms with Crippen LogP contribution in [0.5, 0.6) is 5.75 Å². The number of benzene rings is 1. The summed E-state index contributed by atoms with van der Waals surface area (Å²) >= 11 is 13.8. The van der Waals surface area contributed by atoms with Gasteiger partial charge >= 0.3 is 11.9 Å². The molecule has 1 aromatic carbocycles. The maximum Gasteiger partial charge on any atom is 0.338 e. The van der Waals surface area contributed by atoms with Crippen molar-refractivity contribution in [3.8, 4) is 5.75 Å². The Kier molecular flexibility index (Phi) is 13.4. The van der Waals surface area contributed by atoms with E-state index in [2.05, 4.69) is 14.7 Å². The van der Waals surface area contributed by atoms with Gasteiger partial charge in [0.2, 0.25) is 5.95 Å². The standard InChI is InChI=1S/C21H25Cl2N3O5S.CH3.Y/c1-20(2,3)31-18(29)21(4,5)6-7-30-15-8-14(23)16(9-13(15)22)32-26-19-24-10-12(11-25-19)17(27)28;;/h8-11H,6-7H2,1-5H3,(H,27,28)(H,24,25,26);1H3;/q;-1;. The molecule has 1 heterocycles. The van der Waals surface area contributed by atoms with Gasteiger partial charge in [-0.1, -0.05) is 23.2 Å². The minimum absolute atomic E-state index is 0. The Morgan fingerprint density at radius 2 is 1.68 bits per heavy atom. The predicted octanol–water partition coefficient (Wildman–Crippen LogP) is 6.19. The summed E-state index contributed by atoms with van der Waals surface area (Å²) in [5, 5.41) is 9.61. The first-order chi connectivity index (χ1) is 14.8. The Balaban J connectivity index is 0.00000544. The third-order valence-corrected chi connectivity index (χ3v) is 5.64. The summed E-state index contributed by atoms with van der Waals surface area (Å²) in [6.07, 6.45) is 2.82. The number of aromatic carboxylic acids is 1. The van der Waals surface area contributed by atoms with Gasteiger partial charge in [0, 0.05) is 56.1 Å². The molecule has 0 bridgehead atoms. The number of nitrogens with zero attached hydrogens (tertiary/aromatic N) is 2. The number of halogens is 2. The average molecular weight is 606 g/mol. The van der Waals surface area contributed by atoms with Crippen LogP contribution in [-0.2, 0) is 42.2 Å². The molecule has 8 nitrogen and oxygen atoms in total. The Labute approximate surface area is 239 Å². The quantitative estimate of drug-likeness (QED) is 0.196. The number of esters is 1. The average Bonchev–Trinajstić information content (AvgIpc) is 2.68. The number of nitrogens with one attached hydrogen (secondary N) is 1. The van der Waals surface area contributed by atoms with E-state index in [4.69, 9.17) is 37.8 Å². The van der Waals surface area contributed by atoms with E-state index in [1.807, 2.05) is 20.8 Å². The Bertz CT molecular complexity index is 986. The van der Waals surface area contributed by atoms with Crippen LogP contribution >= 0.6 is 35.1 Å². The van der Waals surface area contributed by atoms with E-state index in [1.165, 1.54) is 12.4 Å². The number of carbonyl (C=O) groups excluding carboxylic acids is 1. The third-order valence-electron chi connectivity index (χ3n) is 4.07. The fourth-order valence-electron chi connectivity index (χ4n) is 2.23. The number of carboxylic acids is 1. The fraction of sp³-hybridized carbons (Fsp3) is 0.409. The van der Waals surface area contributed by atoms with E-state index in [9.17, 15) is 9.59 Å². The molecule has 0 fully saturated rings. The van der Waals surface area contributed by atoms with E-state index >= 15 is 0 Å². The molecule has 0 spiro atoms. The van der Waals surface area contributed by atoms with E-state index in [-0.39, 0.29) is 64.2 Å². The van der Waals surface area contributed by atoms with E-state index in [1.54, 1.807) is 26.0 Å². The van der Waals surface area contributed by atoms with Crippen molar-refractivity contribution in [3.63, 3.8) is 0 Å². The summed E-state index contributed by atoms with van der Waals surface area (Å²) in [6.45, 7) is 9.32. The van der Waals surface area contributed by atoms with Crippen molar-refractivity contribution in [2.24, 2.45) is 5.41 Å². The third kappa shape index (κ3) is 10.2. The zero-order valence-electron chi connectivity index (χ0n) is 19.9. The molecule has 185 valence electrons. The van der Waals surface area contributed by atoms with Gasteiger partial charge in [-0.05, 0) is 59.1 Å². The molecule has 0 atom stereocenters. The molecule has 1 radical (unpaired) electrons. The summed E-state index contributed by atoms with van der Waals surface area (Å²) in [7, 11) is 0. The molecular weight excluding hydrogens is 578 g/mol. The van der Waals surface area contributed by atoms with Gasteiger partial charge in [0.25, 0.3) is 0 Å². The molecule has 2 rings (SSSR count). The SMILES string of the molecule is CC(C)(C)OC(=O)C(C)(C)CCOc1cc(Cl)c(SNc2ncc(C(=O)O)cn2)cc1Cl.[CH3-].[Y]. The molecular formula is C22H28Cl2N3O5SY-. The van der Waals surface area contributed by atoms with Crippen molar-refractivity contribution in [3.05, 3.63) is 47.6 Å². The van der Waals surface area contributed by atoms with E-state index < -0.39 is 17.0 Å². The van der Waals surface area contributed by atoms with Gasteiger partial charge in [-0.15, -0.1) is 0 Å². The van der Waals surface area contributed by atoms with Crippen molar-refractivity contribution in [1.29, 1.82) is 0 Å². The van der Waals surface area contributed by atoms with Gasteiger partial charge in [-0.2, -0.15) is 0 Å². The molecule has 12 heteroatoms. The van der Waals surface area contributed by atoms with Crippen molar-refractivity contribution in [1.82, 2.24) is 9.97 Å². The van der Waals surface area contributed by atoms with Crippen molar-refractivity contribution in [2.45, 2.75) is 51.5 Å². The smallest absolute Gasteiger partial charge is 0.338 e. The van der Waals surface area contributed by atoms with Crippen molar-refractivity contribution < 1.29 is 56.9 Å². The maximum absolute atomic E-state index is 12.4. The number of hydrogen-bond donors (Lipinski definition) is 2. The van der Waals surface area contributed by atoms with Gasteiger partial charge < -0.3 is 22.0 Å². The number of anilines is 1. The van der Waals surface area contributed by atoms with Crippen molar-refractivity contribution >= 4 is 53.0 Å². The molecule has 0 unspecified atom stereocenters. The molecule has 0 aliphatic heterocycles. The van der Waals surface area contributed by atoms with Crippen LogP contribution in [0.1, 0.15) is 51.4 Å². The van der Waals surface area contributed by atoms with Crippen LogP contribution < -0.4 is 9.46 Å². The summed E-state index contributed by atoms with van der Waals surface area (Å²) in [5.74, 6) is -0.793. The molecule has 2 N–H and O–H groups in total. The molecule has 0 aliphatic rings. The normalized spacial score (nSPS) is 11.0. The maximum atomic E-state index is 12.4. The first-order valence-corrected chi connectivity index (χ1v) is 11.2. The molecule has 34 heavy (non-hydrogen) atoms. The number of aromatic nitrogens is 2. The Hall–Kier alpha value is -1.13. The van der Waals surface area contributed by atoms with Gasteiger partial charge in [0.15, 0.2) is 0 Å². The van der Waals surface area contributed by atoms with Gasteiger partial charge in [-0.3, -0.25) is 9.52 Å². The zero-order chi connectivity index (χ0) is 24.1. The second kappa shape index (κ2) is 13.8. The monoisotopic (exact) mass is 605 g/mol. The van der Waals surface area contributed by atoms with Crippen LogP contribution in [0.25, 0.3) is 0 Å².